The van der Waals surface area contributed by atoms with Gasteiger partial charge in [0.05, 0.1) is 11.7 Å². The van der Waals surface area contributed by atoms with Crippen LogP contribution in [0.25, 0.3) is 0 Å². The molecule has 3 heteroatoms. The van der Waals surface area contributed by atoms with Crippen LogP contribution in [0, 0.1) is 5.92 Å². The van der Waals surface area contributed by atoms with Crippen LogP contribution in [0.3, 0.4) is 0 Å². The molecule has 104 valence electrons. The maximum atomic E-state index is 12.8. The lowest BCUT2D eigenvalue weighted by Gasteiger charge is -2.32. The Morgan fingerprint density at radius 2 is 1.94 bits per heavy atom. The van der Waals surface area contributed by atoms with Gasteiger partial charge in [0.2, 0.25) is 5.91 Å². The van der Waals surface area contributed by atoms with E-state index in [0.717, 1.165) is 25.7 Å². The van der Waals surface area contributed by atoms with Crippen LogP contribution in [0.2, 0.25) is 0 Å². The fraction of sp³-hybridized carbons (Fsp3) is 0.933. The monoisotopic (exact) mass is 252 g/mol. The van der Waals surface area contributed by atoms with E-state index in [-0.39, 0.29) is 11.7 Å². The number of nitrogens with one attached hydrogen (secondary N) is 1. The minimum absolute atomic E-state index is 0.211. The number of rotatable bonds is 4. The Morgan fingerprint density at radius 1 is 1.33 bits per heavy atom. The summed E-state index contributed by atoms with van der Waals surface area (Å²) in [5.41, 5.74) is -0.211. The molecular weight excluding hydrogens is 224 g/mol. The summed E-state index contributed by atoms with van der Waals surface area (Å²) in [6, 6.07) is 0.363. The Kier molecular flexibility index (Phi) is 4.00. The summed E-state index contributed by atoms with van der Waals surface area (Å²) in [6.45, 7) is 8.82. The van der Waals surface area contributed by atoms with Crippen molar-refractivity contribution in [3.8, 4) is 0 Å². The van der Waals surface area contributed by atoms with Crippen molar-refractivity contribution >= 4 is 5.91 Å². The molecule has 0 aromatic rings. The summed E-state index contributed by atoms with van der Waals surface area (Å²) in [5.74, 6) is 0.855. The molecule has 18 heavy (non-hydrogen) atoms. The van der Waals surface area contributed by atoms with Crippen LogP contribution >= 0.6 is 0 Å². The van der Waals surface area contributed by atoms with Gasteiger partial charge >= 0.3 is 0 Å². The third-order valence-electron chi connectivity index (χ3n) is 4.64. The Labute approximate surface area is 111 Å². The van der Waals surface area contributed by atoms with Crippen LogP contribution in [0.1, 0.15) is 66.2 Å². The van der Waals surface area contributed by atoms with Crippen LogP contribution in [-0.4, -0.2) is 28.6 Å². The fourth-order valence-electron chi connectivity index (χ4n) is 3.64. The number of hydrogen-bond donors (Lipinski definition) is 1. The van der Waals surface area contributed by atoms with Gasteiger partial charge in [-0.3, -0.25) is 10.1 Å². The first-order valence-electron chi connectivity index (χ1n) is 7.62. The Morgan fingerprint density at radius 3 is 2.44 bits per heavy atom. The van der Waals surface area contributed by atoms with Crippen LogP contribution in [0.5, 0.6) is 0 Å². The second-order valence-electron chi connectivity index (χ2n) is 6.47. The molecule has 1 N–H and O–H groups in total. The van der Waals surface area contributed by atoms with Gasteiger partial charge in [-0.2, -0.15) is 0 Å². The van der Waals surface area contributed by atoms with Gasteiger partial charge in [-0.15, -0.1) is 0 Å². The van der Waals surface area contributed by atoms with Crippen molar-refractivity contribution in [3.63, 3.8) is 0 Å². The van der Waals surface area contributed by atoms with Crippen molar-refractivity contribution in [2.75, 3.05) is 0 Å². The number of amides is 1. The molecule has 1 amide bonds. The van der Waals surface area contributed by atoms with Crippen molar-refractivity contribution in [1.82, 2.24) is 10.2 Å². The summed E-state index contributed by atoms with van der Waals surface area (Å²) >= 11 is 0. The van der Waals surface area contributed by atoms with Gasteiger partial charge in [-0.25, -0.2) is 0 Å². The van der Waals surface area contributed by atoms with Gasteiger partial charge in [0.1, 0.15) is 0 Å². The van der Waals surface area contributed by atoms with E-state index < -0.39 is 0 Å². The molecule has 2 fully saturated rings. The number of hydrogen-bond acceptors (Lipinski definition) is 2. The zero-order chi connectivity index (χ0) is 13.3. The Balaban J connectivity index is 2.21. The molecule has 1 aliphatic carbocycles. The van der Waals surface area contributed by atoms with Crippen molar-refractivity contribution in [1.29, 1.82) is 0 Å². The first-order chi connectivity index (χ1) is 8.52. The molecule has 1 saturated carbocycles. The highest BCUT2D eigenvalue weighted by molar-refractivity contribution is 5.89. The third kappa shape index (κ3) is 2.18. The molecule has 1 spiro atoms. The summed E-state index contributed by atoms with van der Waals surface area (Å²) < 4.78 is 0. The van der Waals surface area contributed by atoms with E-state index in [1.54, 1.807) is 0 Å². The van der Waals surface area contributed by atoms with Gasteiger partial charge in [0.15, 0.2) is 0 Å². The van der Waals surface area contributed by atoms with E-state index in [9.17, 15) is 4.79 Å². The average molecular weight is 252 g/mol. The predicted octanol–water partition coefficient (Wildman–Crippen LogP) is 2.90. The van der Waals surface area contributed by atoms with Crippen molar-refractivity contribution in [2.24, 2.45) is 5.92 Å². The summed E-state index contributed by atoms with van der Waals surface area (Å²) in [7, 11) is 0. The zero-order valence-electron chi connectivity index (χ0n) is 12.3. The molecule has 2 unspecified atom stereocenters. The maximum absolute atomic E-state index is 12.8. The summed E-state index contributed by atoms with van der Waals surface area (Å²) in [5, 5.41) is 3.68. The molecule has 1 saturated heterocycles. The molecule has 1 heterocycles. The van der Waals surface area contributed by atoms with Gasteiger partial charge in [-0.1, -0.05) is 40.0 Å². The molecule has 2 rings (SSSR count). The normalized spacial score (nSPS) is 28.6. The number of nitrogens with zero attached hydrogens (tertiary/aromatic N) is 1. The number of carbonyl (C=O) groups is 1. The second kappa shape index (κ2) is 5.20. The summed E-state index contributed by atoms with van der Waals surface area (Å²) in [6.07, 6.45) is 6.93. The molecule has 2 atom stereocenters. The second-order valence-corrected chi connectivity index (χ2v) is 6.47. The van der Waals surface area contributed by atoms with Crippen molar-refractivity contribution < 1.29 is 4.79 Å². The predicted molar refractivity (Wildman–Crippen MR) is 74.2 cm³/mol. The molecule has 0 aromatic carbocycles. The topological polar surface area (TPSA) is 32.3 Å². The van der Waals surface area contributed by atoms with E-state index in [4.69, 9.17) is 0 Å². The van der Waals surface area contributed by atoms with E-state index >= 15 is 0 Å². The maximum Gasteiger partial charge on any atom is 0.244 e. The van der Waals surface area contributed by atoms with Crippen molar-refractivity contribution in [3.05, 3.63) is 0 Å². The molecule has 0 bridgehead atoms. The molecule has 3 nitrogen and oxygen atoms in total. The molecule has 0 aromatic heterocycles. The minimum atomic E-state index is -0.211. The summed E-state index contributed by atoms with van der Waals surface area (Å²) in [4.78, 5) is 15.0. The van der Waals surface area contributed by atoms with Crippen LogP contribution in [0.15, 0.2) is 0 Å². The molecule has 1 aliphatic heterocycles. The third-order valence-corrected chi connectivity index (χ3v) is 4.64. The first-order valence-corrected chi connectivity index (χ1v) is 7.62. The zero-order valence-corrected chi connectivity index (χ0v) is 12.3. The highest BCUT2D eigenvalue weighted by Gasteiger charge is 2.53. The van der Waals surface area contributed by atoms with Crippen LogP contribution in [-0.2, 0) is 4.79 Å². The van der Waals surface area contributed by atoms with Crippen LogP contribution in [0.4, 0.5) is 0 Å². The Hall–Kier alpha value is -0.570. The van der Waals surface area contributed by atoms with E-state index in [1.807, 2.05) is 0 Å². The van der Waals surface area contributed by atoms with E-state index in [0.29, 0.717) is 17.9 Å². The highest BCUT2D eigenvalue weighted by Crippen LogP contribution is 2.39. The lowest BCUT2D eigenvalue weighted by atomic mass is 9.97. The smallest absolute Gasteiger partial charge is 0.244 e. The van der Waals surface area contributed by atoms with E-state index in [2.05, 4.69) is 37.9 Å². The van der Waals surface area contributed by atoms with E-state index in [1.165, 1.54) is 12.8 Å². The van der Waals surface area contributed by atoms with Gasteiger partial charge in [0, 0.05) is 6.04 Å². The van der Waals surface area contributed by atoms with Gasteiger partial charge in [0.25, 0.3) is 0 Å². The molecule has 0 radical (unpaired) electrons. The SMILES string of the molecule is CCCC(C)N1C(=O)C2(CCCC2)NC1C(C)C. The number of carbonyl (C=O) groups excluding carboxylic acids is 1. The first kappa shape index (κ1) is 13.9. The van der Waals surface area contributed by atoms with Gasteiger partial charge in [-0.05, 0) is 32.1 Å². The average Bonchev–Trinajstić information content (AvgIpc) is 2.88. The largest absolute Gasteiger partial charge is 0.323 e. The lowest BCUT2D eigenvalue weighted by molar-refractivity contribution is -0.135. The highest BCUT2D eigenvalue weighted by atomic mass is 16.2. The quantitative estimate of drug-likeness (QED) is 0.834. The molecule has 2 aliphatic rings. The fourth-order valence-corrected chi connectivity index (χ4v) is 3.64. The Bertz CT molecular complexity index is 308. The standard InChI is InChI=1S/C15H28N2O/c1-5-8-12(4)17-13(11(2)3)16-15(14(17)18)9-6-7-10-15/h11-13,16H,5-10H2,1-4H3. The van der Waals surface area contributed by atoms with Crippen molar-refractivity contribution in [2.45, 2.75) is 84.0 Å². The van der Waals surface area contributed by atoms with Crippen LogP contribution < -0.4 is 5.32 Å². The molecular formula is C15H28N2O. The lowest BCUT2D eigenvalue weighted by Crippen LogP contribution is -2.46. The minimum Gasteiger partial charge on any atom is -0.323 e. The van der Waals surface area contributed by atoms with Gasteiger partial charge < -0.3 is 4.90 Å².